The number of nitro benzene ring substituents is 1. The lowest BCUT2D eigenvalue weighted by Gasteiger charge is -2.02. The van der Waals surface area contributed by atoms with E-state index in [4.69, 9.17) is 4.74 Å². The molecule has 11 nitrogen and oxygen atoms in total. The number of nitro groups is 1. The molecule has 2 amide bonds. The number of carbonyl (C=O) groups excluding carboxylic acids is 2. The van der Waals surface area contributed by atoms with E-state index in [1.165, 1.54) is 37.6 Å². The summed E-state index contributed by atoms with van der Waals surface area (Å²) in [7, 11) is 1.54. The number of rotatable bonds is 8. The second kappa shape index (κ2) is 10.0. The van der Waals surface area contributed by atoms with Crippen molar-refractivity contribution in [3.8, 4) is 5.75 Å². The van der Waals surface area contributed by atoms with Gasteiger partial charge in [-0.2, -0.15) is 5.10 Å². The van der Waals surface area contributed by atoms with E-state index in [-0.39, 0.29) is 23.1 Å². The summed E-state index contributed by atoms with van der Waals surface area (Å²) >= 11 is 1.07. The van der Waals surface area contributed by atoms with Crippen LogP contribution in [0.3, 0.4) is 0 Å². The first kappa shape index (κ1) is 21.5. The Labute approximate surface area is 179 Å². The maximum absolute atomic E-state index is 12.2. The van der Waals surface area contributed by atoms with Gasteiger partial charge in [-0.25, -0.2) is 5.43 Å². The van der Waals surface area contributed by atoms with Gasteiger partial charge < -0.3 is 4.74 Å². The molecule has 31 heavy (non-hydrogen) atoms. The van der Waals surface area contributed by atoms with E-state index in [0.717, 1.165) is 11.3 Å². The van der Waals surface area contributed by atoms with Crippen LogP contribution in [0, 0.1) is 10.1 Å². The molecule has 0 aliphatic carbocycles. The Bertz CT molecular complexity index is 1110. The monoisotopic (exact) mass is 440 g/mol. The van der Waals surface area contributed by atoms with Gasteiger partial charge in [0, 0.05) is 17.7 Å². The topological polar surface area (TPSA) is 149 Å². The number of hydrogen-bond donors (Lipinski definition) is 2. The maximum atomic E-state index is 12.2. The highest BCUT2D eigenvalue weighted by Crippen LogP contribution is 2.18. The molecule has 0 unspecified atom stereocenters. The lowest BCUT2D eigenvalue weighted by atomic mass is 10.2. The SMILES string of the molecule is COc1ccc(C(=O)Nc2nnc(CC(=O)N/N=C/c3ccc([N+](=O)[O-])cc3)s2)cc1. The molecule has 3 rings (SSSR count). The van der Waals surface area contributed by atoms with Crippen LogP contribution >= 0.6 is 11.3 Å². The van der Waals surface area contributed by atoms with Crippen molar-refractivity contribution in [3.63, 3.8) is 0 Å². The zero-order valence-corrected chi connectivity index (χ0v) is 17.0. The van der Waals surface area contributed by atoms with Crippen molar-refractivity contribution in [2.24, 2.45) is 5.10 Å². The molecule has 0 saturated heterocycles. The Balaban J connectivity index is 1.49. The predicted molar refractivity (Wildman–Crippen MR) is 113 cm³/mol. The van der Waals surface area contributed by atoms with Crippen LogP contribution in [0.25, 0.3) is 0 Å². The van der Waals surface area contributed by atoms with Crippen LogP contribution in [0.2, 0.25) is 0 Å². The summed E-state index contributed by atoms with van der Waals surface area (Å²) in [5.74, 6) is -0.151. The second-order valence-corrected chi connectivity index (χ2v) is 7.06. The molecule has 0 aliphatic rings. The molecule has 1 heterocycles. The number of amides is 2. The molecule has 2 aromatic carbocycles. The van der Waals surface area contributed by atoms with Gasteiger partial charge in [0.05, 0.1) is 24.7 Å². The molecule has 0 spiro atoms. The van der Waals surface area contributed by atoms with Crippen molar-refractivity contribution < 1.29 is 19.2 Å². The van der Waals surface area contributed by atoms with Crippen molar-refractivity contribution in [2.45, 2.75) is 6.42 Å². The molecule has 2 N–H and O–H groups in total. The molecule has 0 fully saturated rings. The number of hydrogen-bond acceptors (Lipinski definition) is 9. The summed E-state index contributed by atoms with van der Waals surface area (Å²) in [6.07, 6.45) is 1.29. The van der Waals surface area contributed by atoms with Gasteiger partial charge in [-0.1, -0.05) is 11.3 Å². The zero-order valence-electron chi connectivity index (χ0n) is 16.1. The van der Waals surface area contributed by atoms with E-state index in [1.54, 1.807) is 24.3 Å². The van der Waals surface area contributed by atoms with Crippen molar-refractivity contribution in [2.75, 3.05) is 12.4 Å². The molecule has 1 aromatic heterocycles. The normalized spacial score (nSPS) is 10.6. The third kappa shape index (κ3) is 6.14. The molecule has 0 aliphatic heterocycles. The van der Waals surface area contributed by atoms with E-state index in [2.05, 4.69) is 26.0 Å². The molecular weight excluding hydrogens is 424 g/mol. The molecule has 12 heteroatoms. The number of non-ortho nitro benzene ring substituents is 1. The van der Waals surface area contributed by atoms with Crippen molar-refractivity contribution in [1.29, 1.82) is 0 Å². The zero-order chi connectivity index (χ0) is 22.2. The highest BCUT2D eigenvalue weighted by molar-refractivity contribution is 7.15. The lowest BCUT2D eigenvalue weighted by Crippen LogP contribution is -2.19. The Morgan fingerprint density at radius 2 is 1.87 bits per heavy atom. The lowest BCUT2D eigenvalue weighted by molar-refractivity contribution is -0.384. The van der Waals surface area contributed by atoms with Crippen LogP contribution in [0.1, 0.15) is 20.9 Å². The van der Waals surface area contributed by atoms with Crippen LogP contribution in [-0.4, -0.2) is 40.3 Å². The van der Waals surface area contributed by atoms with Crippen LogP contribution < -0.4 is 15.5 Å². The fourth-order valence-electron chi connectivity index (χ4n) is 2.33. The second-order valence-electron chi connectivity index (χ2n) is 6.00. The average Bonchev–Trinajstić information content (AvgIpc) is 3.20. The van der Waals surface area contributed by atoms with Crippen LogP contribution in [0.5, 0.6) is 5.75 Å². The standard InChI is InChI=1S/C19H16N6O5S/c1-30-15-8-4-13(5-9-15)18(27)21-19-24-23-17(31-19)10-16(26)22-20-11-12-2-6-14(7-3-12)25(28)29/h2-9,11H,10H2,1H3,(H,22,26)(H,21,24,27)/b20-11+. The first-order chi connectivity index (χ1) is 14.9. The van der Waals surface area contributed by atoms with E-state index in [1.807, 2.05) is 0 Å². The number of hydrazone groups is 1. The minimum Gasteiger partial charge on any atom is -0.497 e. The molecule has 0 atom stereocenters. The molecule has 0 radical (unpaired) electrons. The fraction of sp³-hybridized carbons (Fsp3) is 0.105. The van der Waals surface area contributed by atoms with Crippen molar-refractivity contribution in [3.05, 3.63) is 74.8 Å². The number of methoxy groups -OCH3 is 1. The summed E-state index contributed by atoms with van der Waals surface area (Å²) in [6, 6.07) is 12.3. The minimum atomic E-state index is -0.502. The summed E-state index contributed by atoms with van der Waals surface area (Å²) < 4.78 is 5.05. The van der Waals surface area contributed by atoms with Gasteiger partial charge in [0.15, 0.2) is 0 Å². The molecule has 158 valence electrons. The number of anilines is 1. The highest BCUT2D eigenvalue weighted by Gasteiger charge is 2.12. The number of benzene rings is 2. The number of aromatic nitrogens is 2. The summed E-state index contributed by atoms with van der Waals surface area (Å²) in [5.41, 5.74) is 3.32. The van der Waals surface area contributed by atoms with Gasteiger partial charge >= 0.3 is 0 Å². The van der Waals surface area contributed by atoms with Crippen LogP contribution in [0.4, 0.5) is 10.8 Å². The highest BCUT2D eigenvalue weighted by atomic mass is 32.1. The summed E-state index contributed by atoms with van der Waals surface area (Å²) in [4.78, 5) is 34.3. The van der Waals surface area contributed by atoms with Crippen LogP contribution in [-0.2, 0) is 11.2 Å². The number of ether oxygens (including phenoxy) is 1. The van der Waals surface area contributed by atoms with Crippen LogP contribution in [0.15, 0.2) is 53.6 Å². The number of nitrogens with zero attached hydrogens (tertiary/aromatic N) is 4. The quantitative estimate of drug-likeness (QED) is 0.310. The molecule has 3 aromatic rings. The number of carbonyl (C=O) groups is 2. The molecule has 0 bridgehead atoms. The van der Waals surface area contributed by atoms with Gasteiger partial charge in [0.2, 0.25) is 11.0 Å². The summed E-state index contributed by atoms with van der Waals surface area (Å²) in [5, 5.41) is 25.4. The van der Waals surface area contributed by atoms with Gasteiger partial charge in [-0.3, -0.25) is 25.0 Å². The predicted octanol–water partition coefficient (Wildman–Crippen LogP) is 2.40. The first-order valence-electron chi connectivity index (χ1n) is 8.79. The van der Waals surface area contributed by atoms with E-state index in [0.29, 0.717) is 21.9 Å². The smallest absolute Gasteiger partial charge is 0.269 e. The average molecular weight is 440 g/mol. The maximum Gasteiger partial charge on any atom is 0.269 e. The van der Waals surface area contributed by atoms with Gasteiger partial charge in [-0.15, -0.1) is 10.2 Å². The van der Waals surface area contributed by atoms with E-state index < -0.39 is 10.8 Å². The van der Waals surface area contributed by atoms with E-state index in [9.17, 15) is 19.7 Å². The Kier molecular flexibility index (Phi) is 6.96. The third-order valence-electron chi connectivity index (χ3n) is 3.86. The fourth-order valence-corrected chi connectivity index (χ4v) is 3.06. The molecule has 0 saturated carbocycles. The Morgan fingerprint density at radius 1 is 1.16 bits per heavy atom. The van der Waals surface area contributed by atoms with E-state index >= 15 is 0 Å². The molecular formula is C19H16N6O5S. The minimum absolute atomic E-state index is 0.0349. The Morgan fingerprint density at radius 3 is 2.52 bits per heavy atom. The van der Waals surface area contributed by atoms with Gasteiger partial charge in [0.25, 0.3) is 11.6 Å². The first-order valence-corrected chi connectivity index (χ1v) is 9.60. The van der Waals surface area contributed by atoms with Crippen molar-refractivity contribution >= 4 is 40.2 Å². The third-order valence-corrected chi connectivity index (χ3v) is 4.70. The summed E-state index contributed by atoms with van der Waals surface area (Å²) in [6.45, 7) is 0. The van der Waals surface area contributed by atoms with Gasteiger partial charge in [0.1, 0.15) is 10.8 Å². The largest absolute Gasteiger partial charge is 0.497 e. The number of nitrogens with one attached hydrogen (secondary N) is 2. The van der Waals surface area contributed by atoms with Gasteiger partial charge in [-0.05, 0) is 42.0 Å². The Hall–Kier alpha value is -4.19. The van der Waals surface area contributed by atoms with Crippen molar-refractivity contribution in [1.82, 2.24) is 15.6 Å².